The summed E-state index contributed by atoms with van der Waals surface area (Å²) < 4.78 is 47.9. The number of nitrogens with zero attached hydrogens (tertiary/aromatic N) is 7. The number of rotatable bonds is 7. The molecule has 1 fully saturated rings. The van der Waals surface area contributed by atoms with Gasteiger partial charge in [-0.3, -0.25) is 4.98 Å². The first-order valence-corrected chi connectivity index (χ1v) is 14.6. The molecule has 4 aromatic heterocycles. The number of ether oxygens (including phenoxy) is 1. The van der Waals surface area contributed by atoms with Crippen molar-refractivity contribution >= 4 is 28.9 Å². The van der Waals surface area contributed by atoms with Gasteiger partial charge in [-0.25, -0.2) is 24.3 Å². The second-order valence-electron chi connectivity index (χ2n) is 10.9. The number of fused-ring (bicyclic) bond motifs is 1. The van der Waals surface area contributed by atoms with Crippen LogP contribution in [-0.2, 0) is 6.18 Å². The van der Waals surface area contributed by atoms with E-state index in [2.05, 4.69) is 35.6 Å². The van der Waals surface area contributed by atoms with Crippen LogP contribution in [0.15, 0.2) is 91.8 Å². The monoisotopic (exact) mass is 637 g/mol. The molecule has 7 rings (SSSR count). The molecule has 0 radical (unpaired) electrons. The first-order chi connectivity index (χ1) is 22.7. The number of carbonyl (C=O) groups excluding carboxylic acids is 1. The highest BCUT2D eigenvalue weighted by Crippen LogP contribution is 2.36. The average Bonchev–Trinajstić information content (AvgIpc) is 3.44. The van der Waals surface area contributed by atoms with Gasteiger partial charge in [0, 0.05) is 48.4 Å². The third kappa shape index (κ3) is 6.38. The van der Waals surface area contributed by atoms with Gasteiger partial charge in [-0.05, 0) is 60.9 Å². The van der Waals surface area contributed by atoms with Crippen molar-refractivity contribution in [3.63, 3.8) is 0 Å². The van der Waals surface area contributed by atoms with Gasteiger partial charge in [0.1, 0.15) is 11.6 Å². The van der Waals surface area contributed by atoms with E-state index in [0.29, 0.717) is 16.9 Å². The van der Waals surface area contributed by atoms with E-state index in [0.717, 1.165) is 59.8 Å². The lowest BCUT2D eigenvalue weighted by molar-refractivity contribution is -0.137. The number of anilines is 3. The van der Waals surface area contributed by atoms with Crippen LogP contribution >= 0.6 is 0 Å². The summed E-state index contributed by atoms with van der Waals surface area (Å²) in [5, 5.41) is 9.47. The summed E-state index contributed by atoms with van der Waals surface area (Å²) in [7, 11) is 0. The lowest BCUT2D eigenvalue weighted by Crippen LogP contribution is -2.37. The van der Waals surface area contributed by atoms with Crippen LogP contribution in [0.1, 0.15) is 17.5 Å². The van der Waals surface area contributed by atoms with Crippen molar-refractivity contribution < 1.29 is 22.7 Å². The number of halogens is 3. The van der Waals surface area contributed by atoms with Crippen LogP contribution < -0.4 is 20.3 Å². The number of alkyl halides is 3. The van der Waals surface area contributed by atoms with E-state index in [-0.39, 0.29) is 17.4 Å². The third-order valence-electron chi connectivity index (χ3n) is 7.58. The Labute approximate surface area is 266 Å². The van der Waals surface area contributed by atoms with E-state index in [9.17, 15) is 18.0 Å². The van der Waals surface area contributed by atoms with Gasteiger partial charge in [-0.1, -0.05) is 18.2 Å². The van der Waals surface area contributed by atoms with Crippen molar-refractivity contribution in [2.24, 2.45) is 0 Å². The average molecular weight is 638 g/mol. The molecule has 0 unspecified atom stereocenters. The fraction of sp³-hybridized carbons (Fsp3) is 0.152. The Morgan fingerprint density at radius 3 is 2.36 bits per heavy atom. The van der Waals surface area contributed by atoms with Crippen molar-refractivity contribution in [3.05, 3.63) is 103 Å². The molecular formula is C33H26F3N9O2. The molecule has 47 heavy (non-hydrogen) atoms. The molecule has 0 bridgehead atoms. The summed E-state index contributed by atoms with van der Waals surface area (Å²) in [4.78, 5) is 32.3. The number of aromatic nitrogens is 6. The molecule has 0 spiro atoms. The highest BCUT2D eigenvalue weighted by Gasteiger charge is 2.31. The summed E-state index contributed by atoms with van der Waals surface area (Å²) in [5.74, 6) is 1.42. The summed E-state index contributed by atoms with van der Waals surface area (Å²) in [6.07, 6.45) is 6.04. The van der Waals surface area contributed by atoms with E-state index in [1.807, 2.05) is 31.3 Å². The number of hydrogen-bond donors (Lipinski definition) is 2. The minimum atomic E-state index is -4.59. The second kappa shape index (κ2) is 12.0. The van der Waals surface area contributed by atoms with Gasteiger partial charge < -0.3 is 20.3 Å². The van der Waals surface area contributed by atoms with Crippen LogP contribution in [0, 0.1) is 6.92 Å². The second-order valence-corrected chi connectivity index (χ2v) is 10.9. The molecule has 6 aromatic rings. The van der Waals surface area contributed by atoms with E-state index in [4.69, 9.17) is 9.72 Å². The zero-order valence-electron chi connectivity index (χ0n) is 24.9. The standard InChI is InChI=1S/C33H26F3N9O2/c1-20-13-22(16-37-15-20)26-8-5-23(33(34,35)36)14-28(26)42-31(46)41-24-17-38-32(39-18-24)47-25-6-3-21(4-7-25)27-19-40-45-12-9-29(43-30(27)45)44-10-2-11-44/h3-9,12-19H,2,10-11H2,1H3,(H2,41,42,46). The zero-order chi connectivity index (χ0) is 32.5. The highest BCUT2D eigenvalue weighted by atomic mass is 19.4. The van der Waals surface area contributed by atoms with Gasteiger partial charge in [0.2, 0.25) is 0 Å². The maximum Gasteiger partial charge on any atom is 0.416 e. The molecule has 0 aliphatic carbocycles. The predicted octanol–water partition coefficient (Wildman–Crippen LogP) is 7.22. The maximum absolute atomic E-state index is 13.5. The summed E-state index contributed by atoms with van der Waals surface area (Å²) in [6.45, 7) is 3.81. The van der Waals surface area contributed by atoms with Gasteiger partial charge >= 0.3 is 18.2 Å². The Kier molecular flexibility index (Phi) is 7.60. The summed E-state index contributed by atoms with van der Waals surface area (Å²) >= 11 is 0. The Bertz CT molecular complexity index is 2080. The van der Waals surface area contributed by atoms with Crippen LogP contribution in [-0.4, -0.2) is 48.7 Å². The molecule has 1 aliphatic heterocycles. The fourth-order valence-corrected chi connectivity index (χ4v) is 5.09. The SMILES string of the molecule is Cc1cncc(-c2ccc(C(F)(F)F)cc2NC(=O)Nc2cnc(Oc3ccc(-c4cnn5ccc(N6CCC6)nc45)cc3)nc2)c1. The molecule has 0 atom stereocenters. The van der Waals surface area contributed by atoms with Crippen LogP contribution in [0.2, 0.25) is 0 Å². The quantitative estimate of drug-likeness (QED) is 0.188. The topological polar surface area (TPSA) is 122 Å². The largest absolute Gasteiger partial charge is 0.424 e. The Morgan fingerprint density at radius 2 is 1.66 bits per heavy atom. The van der Waals surface area contributed by atoms with Crippen molar-refractivity contribution in [1.82, 2.24) is 29.5 Å². The molecule has 5 heterocycles. The number of amides is 2. The molecule has 236 valence electrons. The Morgan fingerprint density at radius 1 is 0.872 bits per heavy atom. The molecule has 11 nitrogen and oxygen atoms in total. The molecular weight excluding hydrogens is 611 g/mol. The zero-order valence-corrected chi connectivity index (χ0v) is 24.9. The molecule has 0 saturated carbocycles. The first kappa shape index (κ1) is 29.6. The van der Waals surface area contributed by atoms with Crippen molar-refractivity contribution in [2.45, 2.75) is 19.5 Å². The van der Waals surface area contributed by atoms with Crippen molar-refractivity contribution in [1.29, 1.82) is 0 Å². The van der Waals surface area contributed by atoms with Gasteiger partial charge in [-0.2, -0.15) is 18.3 Å². The molecule has 1 saturated heterocycles. The molecule has 2 amide bonds. The smallest absolute Gasteiger partial charge is 0.416 e. The van der Waals surface area contributed by atoms with E-state index >= 15 is 0 Å². The van der Waals surface area contributed by atoms with Crippen LogP contribution in [0.3, 0.4) is 0 Å². The van der Waals surface area contributed by atoms with Crippen LogP contribution in [0.25, 0.3) is 27.9 Å². The van der Waals surface area contributed by atoms with Gasteiger partial charge in [-0.15, -0.1) is 0 Å². The lowest BCUT2D eigenvalue weighted by atomic mass is 10.0. The lowest BCUT2D eigenvalue weighted by Gasteiger charge is -2.31. The van der Waals surface area contributed by atoms with Gasteiger partial charge in [0.15, 0.2) is 5.65 Å². The maximum atomic E-state index is 13.5. The predicted molar refractivity (Wildman–Crippen MR) is 169 cm³/mol. The van der Waals surface area contributed by atoms with E-state index in [1.165, 1.54) is 24.7 Å². The van der Waals surface area contributed by atoms with E-state index in [1.54, 1.807) is 35.1 Å². The number of hydrogen-bond acceptors (Lipinski definition) is 8. The molecule has 2 N–H and O–H groups in total. The number of benzene rings is 2. The number of carbonyl (C=O) groups is 1. The van der Waals surface area contributed by atoms with Crippen molar-refractivity contribution in [3.8, 4) is 34.0 Å². The fourth-order valence-electron chi connectivity index (χ4n) is 5.09. The van der Waals surface area contributed by atoms with Gasteiger partial charge in [0.25, 0.3) is 0 Å². The van der Waals surface area contributed by atoms with Crippen molar-refractivity contribution in [2.75, 3.05) is 28.6 Å². The summed E-state index contributed by atoms with van der Waals surface area (Å²) in [6, 6.07) is 13.5. The normalized spacial score (nSPS) is 12.9. The number of pyridine rings is 1. The highest BCUT2D eigenvalue weighted by molar-refractivity contribution is 6.02. The third-order valence-corrected chi connectivity index (χ3v) is 7.58. The van der Waals surface area contributed by atoms with Crippen LogP contribution in [0.4, 0.5) is 35.2 Å². The van der Waals surface area contributed by atoms with E-state index < -0.39 is 17.8 Å². The van der Waals surface area contributed by atoms with Gasteiger partial charge in [0.05, 0.1) is 35.5 Å². The molecule has 14 heteroatoms. The number of urea groups is 1. The number of nitrogens with one attached hydrogen (secondary N) is 2. The Balaban J connectivity index is 1.02. The Hall–Kier alpha value is -6.05. The number of aryl methyl sites for hydroxylation is 1. The minimum absolute atomic E-state index is 0.0349. The summed E-state index contributed by atoms with van der Waals surface area (Å²) in [5.41, 5.74) is 3.57. The molecule has 2 aromatic carbocycles. The first-order valence-electron chi connectivity index (χ1n) is 14.6. The minimum Gasteiger partial charge on any atom is -0.424 e. The van der Waals surface area contributed by atoms with Crippen LogP contribution in [0.5, 0.6) is 11.8 Å². The molecule has 1 aliphatic rings.